The van der Waals surface area contributed by atoms with Crippen molar-refractivity contribution in [1.29, 1.82) is 0 Å². The normalized spacial score (nSPS) is 3.27. The van der Waals surface area contributed by atoms with Gasteiger partial charge in [-0.05, 0) is 0 Å². The Bertz CT molecular complexity index is 126. The van der Waals surface area contributed by atoms with Crippen LogP contribution in [0.4, 0.5) is 0 Å². The fourth-order valence-electron chi connectivity index (χ4n) is 0. The molecule has 114 valence electrons. The van der Waals surface area contributed by atoms with E-state index in [4.69, 9.17) is 60.7 Å². The second-order valence-corrected chi connectivity index (χ2v) is 0.447. The van der Waals surface area contributed by atoms with Crippen LogP contribution in [0.5, 0.6) is 0 Å². The summed E-state index contributed by atoms with van der Waals surface area (Å²) >= 11 is 0. The summed E-state index contributed by atoms with van der Waals surface area (Å²) < 4.78 is 0. The molecule has 0 heterocycles. The Balaban J connectivity index is -0.00000000947. The first kappa shape index (κ1) is 67.5. The average Bonchev–Trinajstić information content (AvgIpc) is 2.23. The molecule has 0 saturated carbocycles. The average molecular weight is 404 g/mol. The van der Waals surface area contributed by atoms with Gasteiger partial charge in [0, 0.05) is 0 Å². The Kier molecular flexibility index (Phi) is 729. The van der Waals surface area contributed by atoms with Crippen molar-refractivity contribution in [3.63, 3.8) is 0 Å². The van der Waals surface area contributed by atoms with Crippen molar-refractivity contribution in [1.82, 2.24) is 0 Å². The minimum atomic E-state index is 0. The van der Waals surface area contributed by atoms with E-state index in [1.165, 1.54) is 0 Å². The van der Waals surface area contributed by atoms with E-state index in [9.17, 15) is 0 Å². The van der Waals surface area contributed by atoms with Gasteiger partial charge in [0.25, 0.3) is 0 Å². The van der Waals surface area contributed by atoms with Crippen LogP contribution in [0.3, 0.4) is 0 Å². The van der Waals surface area contributed by atoms with Gasteiger partial charge in [0.15, 0.2) is 0 Å². The van der Waals surface area contributed by atoms with Crippen LogP contribution < -0.4 is 88.7 Å². The van der Waals surface area contributed by atoms with E-state index in [0.717, 1.165) is 32.0 Å². The van der Waals surface area contributed by atoms with E-state index in [2.05, 4.69) is 0 Å². The summed E-state index contributed by atoms with van der Waals surface area (Å²) in [5, 5.41) is 54.0. The van der Waals surface area contributed by atoms with Crippen LogP contribution in [0, 0.1) is 60.7 Å². The van der Waals surface area contributed by atoms with Gasteiger partial charge in [0.2, 0.25) is 0 Å². The van der Waals surface area contributed by atoms with Crippen molar-refractivity contribution < 1.29 is 105 Å². The van der Waals surface area contributed by atoms with Gasteiger partial charge in [0.1, 0.15) is 0 Å². The molecule has 0 spiro atoms. The maximum atomic E-state index is 8.00. The molecular formula is CoN6Na3O12. The third kappa shape index (κ3) is 814000. The third-order valence-corrected chi connectivity index (χ3v) is 0. The zero-order valence-electron chi connectivity index (χ0n) is 10.9. The molecule has 22 heteroatoms. The Morgan fingerprint density at radius 1 is 0.364 bits per heavy atom. The number of nitrogens with zero attached hydrogens (tertiary/aromatic N) is 6. The molecule has 18 nitrogen and oxygen atoms in total. The second kappa shape index (κ2) is 237. The molecule has 0 aliphatic rings. The van der Waals surface area contributed by atoms with Crippen LogP contribution in [0.2, 0.25) is 0 Å². The molecule has 0 saturated heterocycles. The van der Waals surface area contributed by atoms with E-state index in [0.29, 0.717) is 0 Å². The minimum absolute atomic E-state index is 0. The predicted molar refractivity (Wildman–Crippen MR) is 55.0 cm³/mol. The van der Waals surface area contributed by atoms with E-state index in [1.807, 2.05) is 0 Å². The fourth-order valence-corrected chi connectivity index (χ4v) is 0. The summed E-state index contributed by atoms with van der Waals surface area (Å²) in [5.74, 6) is 0. The van der Waals surface area contributed by atoms with Gasteiger partial charge in [-0.1, -0.05) is 0 Å². The van der Waals surface area contributed by atoms with Crippen LogP contribution in [-0.2, 0) is 16.8 Å². The molecule has 0 fully saturated rings. The van der Waals surface area contributed by atoms with E-state index in [1.54, 1.807) is 0 Å². The van der Waals surface area contributed by atoms with Crippen LogP contribution >= 0.6 is 0 Å². The molecule has 0 aliphatic carbocycles. The van der Waals surface area contributed by atoms with Crippen LogP contribution in [0.15, 0.2) is 32.0 Å². The van der Waals surface area contributed by atoms with Gasteiger partial charge < -0.3 is 60.7 Å². The Hall–Kier alpha value is -0.0935. The Morgan fingerprint density at radius 3 is 0.364 bits per heavy atom. The number of hydrogen-bond donors (Lipinski definition) is 0. The van der Waals surface area contributed by atoms with Crippen molar-refractivity contribution in [2.45, 2.75) is 0 Å². The maximum Gasteiger partial charge on any atom is 3.00 e. The van der Waals surface area contributed by atoms with Gasteiger partial charge in [0.05, 0.1) is 0 Å². The zero-order valence-corrected chi connectivity index (χ0v) is 18.0. The summed E-state index contributed by atoms with van der Waals surface area (Å²) in [4.78, 5) is 48.0. The predicted octanol–water partition coefficient (Wildman–Crippen LogP) is -7.49. The molecule has 0 rings (SSSR count). The van der Waals surface area contributed by atoms with Crippen LogP contribution in [0.25, 0.3) is 0 Å². The molecule has 0 aromatic rings. The standard InChI is InChI=1S/Co.6HNO2.3Na/c;6*2-1-3;;;/h;6*(H,2,3);;;/q+3;;;;;;;3*+1/p-6. The first-order chi connectivity index (χ1) is 8.49. The monoisotopic (exact) mass is 404 g/mol. The summed E-state index contributed by atoms with van der Waals surface area (Å²) in [5.41, 5.74) is 0. The second-order valence-electron chi connectivity index (χ2n) is 0.447. The Morgan fingerprint density at radius 2 is 0.364 bits per heavy atom. The number of rotatable bonds is 0. The maximum absolute atomic E-state index is 8.00. The van der Waals surface area contributed by atoms with Crippen molar-refractivity contribution in [2.24, 2.45) is 32.0 Å². The molecule has 0 radical (unpaired) electrons. The van der Waals surface area contributed by atoms with E-state index in [-0.39, 0.29) is 105 Å². The van der Waals surface area contributed by atoms with Crippen molar-refractivity contribution in [3.8, 4) is 0 Å². The molecule has 0 unspecified atom stereocenters. The summed E-state index contributed by atoms with van der Waals surface area (Å²) in [7, 11) is 0. The SMILES string of the molecule is O=N[O-].O=N[O-].O=N[O-].O=N[O-].O=N[O-].O=N[O-].[Co+3].[Na+].[Na+].[Na+]. The molecule has 0 N–H and O–H groups in total. The smallest absolute Gasteiger partial charge is 0.444 e. The zero-order chi connectivity index (χ0) is 16.2. The molecule has 22 heavy (non-hydrogen) atoms. The van der Waals surface area contributed by atoms with Gasteiger partial charge in [-0.3, -0.25) is 0 Å². The molecule has 0 amide bonds. The fraction of sp³-hybridized carbons (Fsp3) is 0. The van der Waals surface area contributed by atoms with Gasteiger partial charge >= 0.3 is 105 Å². The van der Waals surface area contributed by atoms with Crippen molar-refractivity contribution in [2.75, 3.05) is 0 Å². The van der Waals surface area contributed by atoms with Crippen LogP contribution in [0.1, 0.15) is 0 Å². The summed E-state index contributed by atoms with van der Waals surface area (Å²) in [6, 6.07) is 0. The molecule has 0 aliphatic heterocycles. The first-order valence-corrected chi connectivity index (χ1v) is 2.19. The molecule has 0 atom stereocenters. The third-order valence-electron chi connectivity index (χ3n) is 0. The first-order valence-electron chi connectivity index (χ1n) is 2.19. The quantitative estimate of drug-likeness (QED) is 0.206. The summed E-state index contributed by atoms with van der Waals surface area (Å²) in [6.07, 6.45) is 0. The van der Waals surface area contributed by atoms with Crippen LogP contribution in [-0.4, -0.2) is 0 Å². The molecular weight excluding hydrogens is 404 g/mol. The molecule has 0 aromatic heterocycles. The van der Waals surface area contributed by atoms with E-state index < -0.39 is 0 Å². The number of hydrogen-bond acceptors (Lipinski definition) is 18. The minimum Gasteiger partial charge on any atom is -0.444 e. The van der Waals surface area contributed by atoms with E-state index >= 15 is 0 Å². The van der Waals surface area contributed by atoms with Crippen molar-refractivity contribution in [3.05, 3.63) is 60.7 Å². The van der Waals surface area contributed by atoms with Gasteiger partial charge in [-0.2, -0.15) is 0 Å². The largest absolute Gasteiger partial charge is 3.00 e. The van der Waals surface area contributed by atoms with Gasteiger partial charge in [-0.15, -0.1) is 32.0 Å². The molecule has 0 bridgehead atoms. The Labute approximate surface area is 196 Å². The van der Waals surface area contributed by atoms with Gasteiger partial charge in [-0.25, -0.2) is 0 Å². The molecule has 0 aromatic carbocycles. The topological polar surface area (TPSA) is 315 Å². The van der Waals surface area contributed by atoms with Crippen molar-refractivity contribution >= 4 is 0 Å². The summed E-state index contributed by atoms with van der Waals surface area (Å²) in [6.45, 7) is 0.